The minimum Gasteiger partial charge on any atom is -0.497 e. The van der Waals surface area contributed by atoms with Gasteiger partial charge in [0.1, 0.15) is 23.2 Å². The van der Waals surface area contributed by atoms with Crippen LogP contribution in [0.15, 0.2) is 48.5 Å². The van der Waals surface area contributed by atoms with Crippen LogP contribution in [0.1, 0.15) is 23.3 Å². The predicted molar refractivity (Wildman–Crippen MR) is 128 cm³/mol. The molecule has 174 valence electrons. The molecule has 1 aliphatic heterocycles. The average molecular weight is 460 g/mol. The van der Waals surface area contributed by atoms with Crippen molar-refractivity contribution in [2.24, 2.45) is 0 Å². The maximum atomic E-state index is 13.6. The van der Waals surface area contributed by atoms with Crippen LogP contribution in [0.5, 0.6) is 11.5 Å². The van der Waals surface area contributed by atoms with E-state index in [0.717, 1.165) is 28.2 Å². The van der Waals surface area contributed by atoms with Crippen LogP contribution in [0.25, 0.3) is 33.1 Å². The number of H-pyrrole nitrogens is 1. The molecule has 2 aromatic heterocycles. The van der Waals surface area contributed by atoms with Crippen LogP contribution >= 0.6 is 0 Å². The first kappa shape index (κ1) is 21.8. The van der Waals surface area contributed by atoms with Gasteiger partial charge in [-0.1, -0.05) is 18.2 Å². The third kappa shape index (κ3) is 3.51. The van der Waals surface area contributed by atoms with E-state index in [9.17, 15) is 9.59 Å². The molecule has 1 aliphatic rings. The second-order valence-corrected chi connectivity index (χ2v) is 8.20. The summed E-state index contributed by atoms with van der Waals surface area (Å²) < 4.78 is 16.0. The van der Waals surface area contributed by atoms with Crippen LogP contribution in [0.2, 0.25) is 0 Å². The zero-order chi connectivity index (χ0) is 23.8. The zero-order valence-electron chi connectivity index (χ0n) is 19.3. The molecular weight excluding hydrogens is 434 g/mol. The molecule has 2 aromatic carbocycles. The molecule has 3 heterocycles. The maximum Gasteiger partial charge on any atom is 0.328 e. The van der Waals surface area contributed by atoms with Gasteiger partial charge >= 0.3 is 5.97 Å². The van der Waals surface area contributed by atoms with Gasteiger partial charge < -0.3 is 24.1 Å². The van der Waals surface area contributed by atoms with Crippen molar-refractivity contribution in [3.63, 3.8) is 0 Å². The number of hydrogen-bond donors (Lipinski definition) is 1. The third-order valence-corrected chi connectivity index (χ3v) is 6.36. The molecule has 1 amide bonds. The largest absolute Gasteiger partial charge is 0.497 e. The summed E-state index contributed by atoms with van der Waals surface area (Å²) in [6, 6.07) is 14.5. The Morgan fingerprint density at radius 1 is 1.03 bits per heavy atom. The molecule has 0 unspecified atom stereocenters. The van der Waals surface area contributed by atoms with E-state index in [2.05, 4.69) is 4.98 Å². The first-order chi connectivity index (χ1) is 16.5. The summed E-state index contributed by atoms with van der Waals surface area (Å²) in [7, 11) is 4.53. The van der Waals surface area contributed by atoms with Gasteiger partial charge in [0.2, 0.25) is 0 Å². The number of aromatic nitrogens is 2. The van der Waals surface area contributed by atoms with Gasteiger partial charge in [-0.25, -0.2) is 9.78 Å². The molecule has 0 radical (unpaired) electrons. The highest BCUT2D eigenvalue weighted by Crippen LogP contribution is 2.39. The fraction of sp³-hybridized carbons (Fsp3) is 0.269. The Kier molecular flexibility index (Phi) is 5.57. The molecule has 1 fully saturated rings. The molecule has 4 aromatic rings. The Hall–Kier alpha value is -4.07. The Bertz CT molecular complexity index is 1410. The monoisotopic (exact) mass is 459 g/mol. The Morgan fingerprint density at radius 2 is 1.85 bits per heavy atom. The molecule has 1 atom stereocenters. The van der Waals surface area contributed by atoms with E-state index in [-0.39, 0.29) is 11.6 Å². The van der Waals surface area contributed by atoms with Crippen molar-refractivity contribution in [2.75, 3.05) is 27.9 Å². The normalized spacial score (nSPS) is 15.6. The summed E-state index contributed by atoms with van der Waals surface area (Å²) in [4.78, 5) is 35.7. The van der Waals surface area contributed by atoms with Crippen LogP contribution < -0.4 is 9.47 Å². The van der Waals surface area contributed by atoms with Gasteiger partial charge in [0, 0.05) is 28.4 Å². The fourth-order valence-electron chi connectivity index (χ4n) is 4.69. The van der Waals surface area contributed by atoms with Gasteiger partial charge in [0.15, 0.2) is 0 Å². The van der Waals surface area contributed by atoms with Crippen molar-refractivity contribution >= 4 is 33.7 Å². The number of amides is 1. The average Bonchev–Trinajstić information content (AvgIpc) is 3.52. The highest BCUT2D eigenvalue weighted by atomic mass is 16.5. The molecule has 8 heteroatoms. The summed E-state index contributed by atoms with van der Waals surface area (Å²) in [6.45, 7) is 0.476. The number of methoxy groups -OCH3 is 3. The van der Waals surface area contributed by atoms with Crippen LogP contribution in [0.4, 0.5) is 0 Å². The number of pyridine rings is 1. The lowest BCUT2D eigenvalue weighted by molar-refractivity contribution is -0.145. The van der Waals surface area contributed by atoms with E-state index in [1.54, 1.807) is 25.2 Å². The molecule has 1 saturated heterocycles. The number of carbonyl (C=O) groups is 2. The number of para-hydroxylation sites is 1. The summed E-state index contributed by atoms with van der Waals surface area (Å²) >= 11 is 0. The summed E-state index contributed by atoms with van der Waals surface area (Å²) in [5.41, 5.74) is 3.24. The predicted octanol–water partition coefficient (Wildman–Crippen LogP) is 4.18. The Labute approximate surface area is 196 Å². The molecule has 1 N–H and O–H groups in total. The number of hydrogen-bond acceptors (Lipinski definition) is 6. The van der Waals surface area contributed by atoms with Crippen molar-refractivity contribution in [1.82, 2.24) is 14.9 Å². The van der Waals surface area contributed by atoms with Crippen molar-refractivity contribution in [3.05, 3.63) is 54.2 Å². The van der Waals surface area contributed by atoms with E-state index in [1.165, 1.54) is 7.11 Å². The van der Waals surface area contributed by atoms with Crippen LogP contribution in [-0.4, -0.2) is 60.7 Å². The molecule has 8 nitrogen and oxygen atoms in total. The van der Waals surface area contributed by atoms with Gasteiger partial charge in [-0.15, -0.1) is 0 Å². The lowest BCUT2D eigenvalue weighted by atomic mass is 10.0. The lowest BCUT2D eigenvalue weighted by Gasteiger charge is -2.22. The molecule has 0 bridgehead atoms. The minimum absolute atomic E-state index is 0.257. The third-order valence-electron chi connectivity index (χ3n) is 6.36. The number of rotatable bonds is 5. The minimum atomic E-state index is -0.604. The van der Waals surface area contributed by atoms with Gasteiger partial charge in [0.25, 0.3) is 5.91 Å². The van der Waals surface area contributed by atoms with E-state index < -0.39 is 12.0 Å². The molecule has 0 spiro atoms. The fourth-order valence-corrected chi connectivity index (χ4v) is 4.69. The molecule has 34 heavy (non-hydrogen) atoms. The number of likely N-dealkylation sites (tertiary alicyclic amines) is 1. The molecule has 0 saturated carbocycles. The van der Waals surface area contributed by atoms with Crippen LogP contribution in [-0.2, 0) is 9.53 Å². The van der Waals surface area contributed by atoms with Crippen LogP contribution in [0.3, 0.4) is 0 Å². The number of ether oxygens (including phenoxy) is 3. The standard InChI is InChI=1S/C26H25N3O5/c1-32-15-10-11-22(33-2)18(13-15)24-23-17(16-7-4-5-8-19(16)27-23)14-20(28-24)25(30)29-12-6-9-21(29)26(31)34-3/h4-5,7-8,10-11,13-14,21,27H,6,9,12H2,1-3H3/t21-/m1/s1. The summed E-state index contributed by atoms with van der Waals surface area (Å²) in [5.74, 6) is 0.534. The summed E-state index contributed by atoms with van der Waals surface area (Å²) in [5, 5.41) is 1.84. The van der Waals surface area contributed by atoms with E-state index >= 15 is 0 Å². The molecule has 0 aliphatic carbocycles. The van der Waals surface area contributed by atoms with Gasteiger partial charge in [-0.3, -0.25) is 4.79 Å². The summed E-state index contributed by atoms with van der Waals surface area (Å²) in [6.07, 6.45) is 1.31. The van der Waals surface area contributed by atoms with E-state index in [0.29, 0.717) is 35.7 Å². The Balaban J connectivity index is 1.75. The number of nitrogens with zero attached hydrogens (tertiary/aromatic N) is 2. The van der Waals surface area contributed by atoms with Crippen molar-refractivity contribution < 1.29 is 23.8 Å². The van der Waals surface area contributed by atoms with E-state index in [4.69, 9.17) is 19.2 Å². The number of fused-ring (bicyclic) bond motifs is 3. The number of benzene rings is 2. The molecular formula is C26H25N3O5. The second kappa shape index (κ2) is 8.70. The number of aromatic amines is 1. The van der Waals surface area contributed by atoms with Crippen LogP contribution in [0, 0.1) is 0 Å². The highest BCUT2D eigenvalue weighted by Gasteiger charge is 2.36. The second-order valence-electron chi connectivity index (χ2n) is 8.20. The molecule has 5 rings (SSSR count). The van der Waals surface area contributed by atoms with Gasteiger partial charge in [-0.2, -0.15) is 0 Å². The SMILES string of the molecule is COC(=O)[C@H]1CCCN1C(=O)c1cc2c([nH]c3ccccc32)c(-c2cc(OC)ccc2OC)n1. The number of nitrogens with one attached hydrogen (secondary N) is 1. The topological polar surface area (TPSA) is 93.8 Å². The lowest BCUT2D eigenvalue weighted by Crippen LogP contribution is -2.41. The first-order valence-corrected chi connectivity index (χ1v) is 11.1. The van der Waals surface area contributed by atoms with E-state index in [1.807, 2.05) is 42.5 Å². The first-order valence-electron chi connectivity index (χ1n) is 11.1. The van der Waals surface area contributed by atoms with Crippen molar-refractivity contribution in [2.45, 2.75) is 18.9 Å². The van der Waals surface area contributed by atoms with Crippen molar-refractivity contribution in [3.8, 4) is 22.8 Å². The highest BCUT2D eigenvalue weighted by molar-refractivity contribution is 6.13. The number of carbonyl (C=O) groups excluding carboxylic acids is 2. The maximum absolute atomic E-state index is 13.6. The quantitative estimate of drug-likeness (QED) is 0.450. The zero-order valence-corrected chi connectivity index (χ0v) is 19.3. The number of esters is 1. The Morgan fingerprint density at radius 3 is 2.62 bits per heavy atom. The van der Waals surface area contributed by atoms with Gasteiger partial charge in [-0.05, 0) is 43.2 Å². The smallest absolute Gasteiger partial charge is 0.328 e. The van der Waals surface area contributed by atoms with Crippen molar-refractivity contribution in [1.29, 1.82) is 0 Å². The van der Waals surface area contributed by atoms with Gasteiger partial charge in [0.05, 0.1) is 32.5 Å².